The number of aliphatic imine (C=N–C) groups is 1. The second-order valence-electron chi connectivity index (χ2n) is 13.9. The van der Waals surface area contributed by atoms with E-state index in [1.54, 1.807) is 0 Å². The molecule has 3 heteroatoms. The van der Waals surface area contributed by atoms with Crippen LogP contribution >= 0.6 is 0 Å². The lowest BCUT2D eigenvalue weighted by Crippen LogP contribution is -2.03. The molecule has 0 aliphatic carbocycles. The van der Waals surface area contributed by atoms with E-state index in [4.69, 9.17) is 10.7 Å². The van der Waals surface area contributed by atoms with E-state index in [0.717, 1.165) is 44.8 Å². The Morgan fingerprint density at radius 3 is 1.80 bits per heavy atom. The Bertz CT molecular complexity index is 2800. The third kappa shape index (κ3) is 7.70. The van der Waals surface area contributed by atoms with E-state index in [1.165, 1.54) is 38.5 Å². The average molecular weight is 722 g/mol. The van der Waals surface area contributed by atoms with Crippen molar-refractivity contribution in [3.8, 4) is 39.1 Å². The molecule has 0 aliphatic rings. The second-order valence-corrected chi connectivity index (χ2v) is 13.9. The Hall–Kier alpha value is -7.23. The lowest BCUT2D eigenvalue weighted by molar-refractivity contribution is 1.18. The fourth-order valence-electron chi connectivity index (χ4n) is 7.23. The van der Waals surface area contributed by atoms with Crippen molar-refractivity contribution in [2.75, 3.05) is 0 Å². The Balaban J connectivity index is 1.12. The van der Waals surface area contributed by atoms with E-state index >= 15 is 0 Å². The molecular weight excluding hydrogens is 679 g/mol. The summed E-state index contributed by atoms with van der Waals surface area (Å²) >= 11 is 0. The fraction of sp³-hybridized carbons (Fsp3) is 0.0377. The molecule has 0 unspecified atom stereocenters. The van der Waals surface area contributed by atoms with Gasteiger partial charge in [-0.3, -0.25) is 4.99 Å². The monoisotopic (exact) mass is 721 g/mol. The van der Waals surface area contributed by atoms with Crippen molar-refractivity contribution in [1.29, 1.82) is 0 Å². The second kappa shape index (κ2) is 16.4. The summed E-state index contributed by atoms with van der Waals surface area (Å²) in [7, 11) is 0. The summed E-state index contributed by atoms with van der Waals surface area (Å²) in [5.74, 6) is 0. The van der Waals surface area contributed by atoms with Gasteiger partial charge in [-0.15, -0.1) is 0 Å². The molecule has 0 spiro atoms. The lowest BCUT2D eigenvalue weighted by atomic mass is 9.96. The normalized spacial score (nSPS) is 12.5. The largest absolute Gasteiger partial charge is 0.398 e. The highest BCUT2D eigenvalue weighted by molar-refractivity contribution is 6.13. The third-order valence-electron chi connectivity index (χ3n) is 10.1. The van der Waals surface area contributed by atoms with Gasteiger partial charge in [0.05, 0.1) is 16.7 Å². The fourth-order valence-corrected chi connectivity index (χ4v) is 7.23. The highest BCUT2D eigenvalue weighted by Crippen LogP contribution is 2.36. The SMILES string of the molecule is C/C=C/C=C\C=C/N=C(/C=C(\N)c1ccccc1)c1cccc(-c2cccc(-c3ccc(-n4c5ccc(C)cc5c5cc(-c6ccccc6)ccc54)cc3)c2)c1. The van der Waals surface area contributed by atoms with E-state index < -0.39 is 0 Å². The van der Waals surface area contributed by atoms with E-state index in [0.29, 0.717) is 5.70 Å². The van der Waals surface area contributed by atoms with Crippen LogP contribution in [0.1, 0.15) is 23.6 Å². The number of nitrogens with zero attached hydrogens (tertiary/aromatic N) is 2. The van der Waals surface area contributed by atoms with E-state index in [-0.39, 0.29) is 0 Å². The first-order valence-corrected chi connectivity index (χ1v) is 19.0. The summed E-state index contributed by atoms with van der Waals surface area (Å²) in [6.07, 6.45) is 13.6. The van der Waals surface area contributed by atoms with Crippen molar-refractivity contribution in [2.24, 2.45) is 10.7 Å². The Kier molecular flexibility index (Phi) is 10.5. The molecule has 7 aromatic carbocycles. The zero-order chi connectivity index (χ0) is 38.3. The lowest BCUT2D eigenvalue weighted by Gasteiger charge is -2.11. The maximum absolute atomic E-state index is 6.60. The summed E-state index contributed by atoms with van der Waals surface area (Å²) in [5, 5.41) is 2.52. The molecule has 0 aliphatic heterocycles. The maximum atomic E-state index is 6.60. The molecule has 0 amide bonds. The molecule has 0 saturated carbocycles. The predicted molar refractivity (Wildman–Crippen MR) is 240 cm³/mol. The van der Waals surface area contributed by atoms with Gasteiger partial charge >= 0.3 is 0 Å². The van der Waals surface area contributed by atoms with Gasteiger partial charge in [0, 0.05) is 33.9 Å². The van der Waals surface area contributed by atoms with Crippen molar-refractivity contribution in [1.82, 2.24) is 4.57 Å². The summed E-state index contributed by atoms with van der Waals surface area (Å²) in [6.45, 7) is 4.16. The first-order chi connectivity index (χ1) is 27.6. The first kappa shape index (κ1) is 35.8. The van der Waals surface area contributed by atoms with Gasteiger partial charge < -0.3 is 10.3 Å². The molecule has 1 heterocycles. The Morgan fingerprint density at radius 2 is 1.05 bits per heavy atom. The summed E-state index contributed by atoms with van der Waals surface area (Å²) in [5.41, 5.74) is 21.8. The molecular formula is C53H43N3. The van der Waals surface area contributed by atoms with Crippen LogP contribution in [0.4, 0.5) is 0 Å². The van der Waals surface area contributed by atoms with Gasteiger partial charge in [0.1, 0.15) is 0 Å². The quantitative estimate of drug-likeness (QED) is 0.111. The number of hydrogen-bond donors (Lipinski definition) is 1. The number of allylic oxidation sites excluding steroid dienone is 6. The summed E-state index contributed by atoms with van der Waals surface area (Å²) < 4.78 is 2.39. The molecule has 3 nitrogen and oxygen atoms in total. The highest BCUT2D eigenvalue weighted by Gasteiger charge is 2.14. The van der Waals surface area contributed by atoms with Crippen LogP contribution < -0.4 is 5.73 Å². The number of nitrogens with two attached hydrogens (primary N) is 1. The van der Waals surface area contributed by atoms with Gasteiger partial charge in [-0.05, 0) is 113 Å². The van der Waals surface area contributed by atoms with Gasteiger partial charge in [-0.1, -0.05) is 151 Å². The van der Waals surface area contributed by atoms with Crippen LogP contribution in [0.25, 0.3) is 66.6 Å². The van der Waals surface area contributed by atoms with Gasteiger partial charge in [0.2, 0.25) is 0 Å². The van der Waals surface area contributed by atoms with Crippen LogP contribution in [0, 0.1) is 6.92 Å². The number of hydrogen-bond acceptors (Lipinski definition) is 2. The van der Waals surface area contributed by atoms with Crippen LogP contribution in [0.15, 0.2) is 218 Å². The Morgan fingerprint density at radius 1 is 0.500 bits per heavy atom. The zero-order valence-electron chi connectivity index (χ0n) is 31.7. The predicted octanol–water partition coefficient (Wildman–Crippen LogP) is 13.5. The van der Waals surface area contributed by atoms with E-state index in [2.05, 4.69) is 151 Å². The van der Waals surface area contributed by atoms with Crippen molar-refractivity contribution in [3.05, 3.63) is 229 Å². The molecule has 2 N–H and O–H groups in total. The minimum absolute atomic E-state index is 0.658. The number of fused-ring (bicyclic) bond motifs is 3. The van der Waals surface area contributed by atoms with Gasteiger partial charge in [0.25, 0.3) is 0 Å². The highest BCUT2D eigenvalue weighted by atomic mass is 15.0. The average Bonchev–Trinajstić information content (AvgIpc) is 3.57. The van der Waals surface area contributed by atoms with Crippen molar-refractivity contribution in [3.63, 3.8) is 0 Å². The maximum Gasteiger partial charge on any atom is 0.0722 e. The minimum Gasteiger partial charge on any atom is -0.398 e. The molecule has 0 radical (unpaired) electrons. The van der Waals surface area contributed by atoms with Crippen molar-refractivity contribution < 1.29 is 0 Å². The van der Waals surface area contributed by atoms with Crippen LogP contribution in [0.3, 0.4) is 0 Å². The number of aryl methyl sites for hydroxylation is 1. The number of aromatic nitrogens is 1. The molecule has 0 bridgehead atoms. The molecule has 8 rings (SSSR count). The van der Waals surface area contributed by atoms with E-state index in [1.807, 2.05) is 79.9 Å². The van der Waals surface area contributed by atoms with Crippen LogP contribution in [0.5, 0.6) is 0 Å². The molecule has 8 aromatic rings. The standard InChI is InChI=1S/C53H43N3/c1-3-4-5-6-13-32-55-51(37-50(54)41-18-11-8-12-19-41)46-23-15-22-44(35-46)43-21-14-20-42(34-43)40-25-28-47(29-26-40)56-52-30-24-38(2)33-48(52)49-36-45(27-31-53(49)56)39-16-9-7-10-17-39/h3-37H,54H2,1-2H3/b4-3+,6-5-,32-13-,50-37-,55-51-. The molecule has 56 heavy (non-hydrogen) atoms. The number of rotatable bonds is 10. The van der Waals surface area contributed by atoms with Crippen LogP contribution in [-0.2, 0) is 0 Å². The minimum atomic E-state index is 0.658. The van der Waals surface area contributed by atoms with Crippen LogP contribution in [-0.4, -0.2) is 10.3 Å². The molecule has 0 saturated heterocycles. The van der Waals surface area contributed by atoms with Gasteiger partial charge in [-0.2, -0.15) is 0 Å². The van der Waals surface area contributed by atoms with Gasteiger partial charge in [-0.25, -0.2) is 0 Å². The smallest absolute Gasteiger partial charge is 0.0722 e. The summed E-state index contributed by atoms with van der Waals surface area (Å²) in [6, 6.07) is 60.4. The van der Waals surface area contributed by atoms with Crippen LogP contribution in [0.2, 0.25) is 0 Å². The molecule has 0 fully saturated rings. The van der Waals surface area contributed by atoms with Crippen molar-refractivity contribution in [2.45, 2.75) is 13.8 Å². The summed E-state index contributed by atoms with van der Waals surface area (Å²) in [4.78, 5) is 4.85. The zero-order valence-corrected chi connectivity index (χ0v) is 31.7. The molecule has 1 aromatic heterocycles. The Labute approximate surface area is 329 Å². The molecule has 270 valence electrons. The topological polar surface area (TPSA) is 43.3 Å². The number of benzene rings is 7. The first-order valence-electron chi connectivity index (χ1n) is 19.0. The van der Waals surface area contributed by atoms with Crippen molar-refractivity contribution >= 4 is 33.2 Å². The van der Waals surface area contributed by atoms with Gasteiger partial charge in [0.15, 0.2) is 0 Å². The molecule has 0 atom stereocenters. The third-order valence-corrected chi connectivity index (χ3v) is 10.1. The van der Waals surface area contributed by atoms with E-state index in [9.17, 15) is 0 Å².